The van der Waals surface area contributed by atoms with Gasteiger partial charge in [-0.3, -0.25) is 19.3 Å². The molecule has 1 N–H and O–H groups in total. The summed E-state index contributed by atoms with van der Waals surface area (Å²) in [5.74, 6) is -0.870. The van der Waals surface area contributed by atoms with Crippen molar-refractivity contribution in [2.45, 2.75) is 24.2 Å². The number of hydrogen-bond acceptors (Lipinski definition) is 6. The van der Waals surface area contributed by atoms with Crippen molar-refractivity contribution in [3.8, 4) is 0 Å². The van der Waals surface area contributed by atoms with E-state index in [9.17, 15) is 22.8 Å². The molecule has 0 aromatic heterocycles. The molecule has 0 saturated carbocycles. The number of nitrogens with one attached hydrogen (secondary N) is 1. The zero-order valence-corrected chi connectivity index (χ0v) is 20.1. The first kappa shape index (κ1) is 24.2. The number of sulfonamides is 1. The average molecular weight is 500 g/mol. The van der Waals surface area contributed by atoms with Crippen LogP contribution < -0.4 is 5.32 Å². The maximum absolute atomic E-state index is 12.9. The zero-order chi connectivity index (χ0) is 24.1. The molecule has 4 rings (SSSR count). The van der Waals surface area contributed by atoms with E-state index in [-0.39, 0.29) is 23.5 Å². The summed E-state index contributed by atoms with van der Waals surface area (Å²) in [7, 11) is -3.65. The fourth-order valence-corrected chi connectivity index (χ4v) is 6.26. The molecule has 0 bridgehead atoms. The van der Waals surface area contributed by atoms with Crippen molar-refractivity contribution in [1.82, 2.24) is 14.5 Å². The van der Waals surface area contributed by atoms with E-state index in [0.717, 1.165) is 41.5 Å². The SMILES string of the molecule is O=C(NCCN1C(=O)S/C(=C\c2ccccc2)C1=O)c1cccc(S(=O)(=O)N2CCCCC2)c1. The monoisotopic (exact) mass is 499 g/mol. The lowest BCUT2D eigenvalue weighted by Crippen LogP contribution is -2.37. The highest BCUT2D eigenvalue weighted by Crippen LogP contribution is 2.31. The van der Waals surface area contributed by atoms with Gasteiger partial charge in [0.1, 0.15) is 0 Å². The van der Waals surface area contributed by atoms with Gasteiger partial charge in [0.2, 0.25) is 10.0 Å². The Morgan fingerprint density at radius 1 is 1.00 bits per heavy atom. The van der Waals surface area contributed by atoms with E-state index in [0.29, 0.717) is 18.0 Å². The number of nitrogens with zero attached hydrogens (tertiary/aromatic N) is 2. The van der Waals surface area contributed by atoms with Gasteiger partial charge in [-0.25, -0.2) is 8.42 Å². The van der Waals surface area contributed by atoms with E-state index in [4.69, 9.17) is 0 Å². The van der Waals surface area contributed by atoms with E-state index in [1.165, 1.54) is 28.6 Å². The van der Waals surface area contributed by atoms with E-state index in [1.807, 2.05) is 30.3 Å². The molecule has 0 unspecified atom stereocenters. The number of hydrogen-bond donors (Lipinski definition) is 1. The fourth-order valence-electron chi connectivity index (χ4n) is 3.83. The molecule has 34 heavy (non-hydrogen) atoms. The molecule has 0 radical (unpaired) electrons. The number of carbonyl (C=O) groups is 3. The third kappa shape index (κ3) is 5.40. The van der Waals surface area contributed by atoms with Crippen molar-refractivity contribution in [3.63, 3.8) is 0 Å². The smallest absolute Gasteiger partial charge is 0.293 e. The van der Waals surface area contributed by atoms with Crippen molar-refractivity contribution in [2.75, 3.05) is 26.2 Å². The number of thioether (sulfide) groups is 1. The van der Waals surface area contributed by atoms with Crippen LogP contribution >= 0.6 is 11.8 Å². The Kier molecular flexibility index (Phi) is 7.50. The molecule has 2 aromatic carbocycles. The second kappa shape index (κ2) is 10.5. The molecule has 3 amide bonds. The quantitative estimate of drug-likeness (QED) is 0.586. The van der Waals surface area contributed by atoms with Crippen molar-refractivity contribution in [3.05, 3.63) is 70.6 Å². The van der Waals surface area contributed by atoms with Gasteiger partial charge in [-0.05, 0) is 54.4 Å². The maximum Gasteiger partial charge on any atom is 0.293 e. The van der Waals surface area contributed by atoms with E-state index < -0.39 is 27.1 Å². The van der Waals surface area contributed by atoms with Crippen LogP contribution in [0, 0.1) is 0 Å². The highest BCUT2D eigenvalue weighted by molar-refractivity contribution is 8.18. The van der Waals surface area contributed by atoms with E-state index >= 15 is 0 Å². The topological polar surface area (TPSA) is 104 Å². The van der Waals surface area contributed by atoms with Gasteiger partial charge in [0.05, 0.1) is 9.80 Å². The summed E-state index contributed by atoms with van der Waals surface area (Å²) in [5.41, 5.74) is 1.02. The molecule has 2 aliphatic rings. The molecule has 2 aromatic rings. The summed E-state index contributed by atoms with van der Waals surface area (Å²) in [5, 5.41) is 2.27. The van der Waals surface area contributed by atoms with Crippen LogP contribution in [0.15, 0.2) is 64.4 Å². The molecule has 0 spiro atoms. The van der Waals surface area contributed by atoms with Crippen LogP contribution in [0.2, 0.25) is 0 Å². The summed E-state index contributed by atoms with van der Waals surface area (Å²) < 4.78 is 27.2. The zero-order valence-electron chi connectivity index (χ0n) is 18.5. The lowest BCUT2D eigenvalue weighted by Gasteiger charge is -2.26. The van der Waals surface area contributed by atoms with Gasteiger partial charge in [0, 0.05) is 31.7 Å². The van der Waals surface area contributed by atoms with Crippen molar-refractivity contribution in [1.29, 1.82) is 0 Å². The lowest BCUT2D eigenvalue weighted by atomic mass is 10.2. The highest BCUT2D eigenvalue weighted by Gasteiger charge is 2.34. The Morgan fingerprint density at radius 3 is 2.47 bits per heavy atom. The second-order valence-corrected chi connectivity index (χ2v) is 10.9. The number of rotatable bonds is 7. The van der Waals surface area contributed by atoms with Gasteiger partial charge in [-0.15, -0.1) is 0 Å². The third-order valence-electron chi connectivity index (χ3n) is 5.64. The molecule has 8 nitrogen and oxygen atoms in total. The van der Waals surface area contributed by atoms with Gasteiger partial charge in [0.15, 0.2) is 0 Å². The molecule has 2 fully saturated rings. The molecule has 2 aliphatic heterocycles. The van der Waals surface area contributed by atoms with Crippen LogP contribution in [-0.4, -0.2) is 60.9 Å². The number of carbonyl (C=O) groups excluding carboxylic acids is 3. The minimum atomic E-state index is -3.65. The molecular formula is C24H25N3O5S2. The van der Waals surface area contributed by atoms with Gasteiger partial charge >= 0.3 is 0 Å². The minimum absolute atomic E-state index is 0.0221. The number of amides is 3. The highest BCUT2D eigenvalue weighted by atomic mass is 32.2. The Labute approximate surface area is 203 Å². The predicted molar refractivity (Wildman–Crippen MR) is 131 cm³/mol. The first-order valence-electron chi connectivity index (χ1n) is 11.0. The van der Waals surface area contributed by atoms with Crippen LogP contribution in [0.5, 0.6) is 0 Å². The first-order valence-corrected chi connectivity index (χ1v) is 13.3. The molecule has 2 heterocycles. The Hall–Kier alpha value is -2.95. The molecule has 2 saturated heterocycles. The second-order valence-electron chi connectivity index (χ2n) is 7.99. The summed E-state index contributed by atoms with van der Waals surface area (Å²) in [4.78, 5) is 39.0. The lowest BCUT2D eigenvalue weighted by molar-refractivity contribution is -0.122. The van der Waals surface area contributed by atoms with Gasteiger partial charge < -0.3 is 5.32 Å². The first-order chi connectivity index (χ1) is 16.4. The minimum Gasteiger partial charge on any atom is -0.350 e. The molecule has 0 atom stereocenters. The molecule has 178 valence electrons. The van der Waals surface area contributed by atoms with E-state index in [1.54, 1.807) is 6.08 Å². The number of piperidine rings is 1. The van der Waals surface area contributed by atoms with Crippen molar-refractivity contribution < 1.29 is 22.8 Å². The summed E-state index contributed by atoms with van der Waals surface area (Å²) in [6.07, 6.45) is 4.33. The predicted octanol–water partition coefficient (Wildman–Crippen LogP) is 3.33. The summed E-state index contributed by atoms with van der Waals surface area (Å²) in [6, 6.07) is 15.2. The van der Waals surface area contributed by atoms with Crippen LogP contribution in [0.1, 0.15) is 35.2 Å². The van der Waals surface area contributed by atoms with Gasteiger partial charge in [-0.2, -0.15) is 4.31 Å². The van der Waals surface area contributed by atoms with Crippen molar-refractivity contribution >= 4 is 44.9 Å². The Morgan fingerprint density at radius 2 is 1.74 bits per heavy atom. The summed E-state index contributed by atoms with van der Waals surface area (Å²) >= 11 is 0.864. The Bertz CT molecular complexity index is 1220. The van der Waals surface area contributed by atoms with Crippen LogP contribution in [0.4, 0.5) is 4.79 Å². The normalized spacial score (nSPS) is 18.5. The maximum atomic E-state index is 12.9. The molecule has 10 heteroatoms. The van der Waals surface area contributed by atoms with Crippen LogP contribution in [-0.2, 0) is 14.8 Å². The molecule has 0 aliphatic carbocycles. The number of benzene rings is 2. The fraction of sp³-hybridized carbons (Fsp3) is 0.292. The van der Waals surface area contributed by atoms with Crippen molar-refractivity contribution in [2.24, 2.45) is 0 Å². The van der Waals surface area contributed by atoms with E-state index in [2.05, 4.69) is 5.32 Å². The van der Waals surface area contributed by atoms with Gasteiger partial charge in [0.25, 0.3) is 17.1 Å². The largest absolute Gasteiger partial charge is 0.350 e. The number of imide groups is 1. The molecular weight excluding hydrogens is 474 g/mol. The van der Waals surface area contributed by atoms with Crippen LogP contribution in [0.3, 0.4) is 0 Å². The Balaban J connectivity index is 1.36. The standard InChI is InChI=1S/C24H25N3O5S2/c28-22(19-10-7-11-20(17-19)34(31,32)26-13-5-2-6-14-26)25-12-15-27-23(29)21(33-24(27)30)16-18-8-3-1-4-9-18/h1,3-4,7-11,16-17H,2,5-6,12-15H2,(H,25,28)/b21-16-. The van der Waals surface area contributed by atoms with Gasteiger partial charge in [-0.1, -0.05) is 42.8 Å². The van der Waals surface area contributed by atoms with Crippen LogP contribution in [0.25, 0.3) is 6.08 Å². The summed E-state index contributed by atoms with van der Waals surface area (Å²) in [6.45, 7) is 1.04. The third-order valence-corrected chi connectivity index (χ3v) is 8.44. The average Bonchev–Trinajstić information content (AvgIpc) is 3.12.